The van der Waals surface area contributed by atoms with Crippen molar-refractivity contribution in [3.05, 3.63) is 29.6 Å². The molecule has 0 heterocycles. The lowest BCUT2D eigenvalue weighted by Gasteiger charge is -2.20. The van der Waals surface area contributed by atoms with E-state index in [-0.39, 0.29) is 5.46 Å². The minimum absolute atomic E-state index is 0.243. The van der Waals surface area contributed by atoms with Gasteiger partial charge in [0, 0.05) is 6.54 Å². The van der Waals surface area contributed by atoms with Gasteiger partial charge in [0.15, 0.2) is 0 Å². The Kier molecular flexibility index (Phi) is 4.92. The van der Waals surface area contributed by atoms with Crippen molar-refractivity contribution in [2.24, 2.45) is 0 Å². The van der Waals surface area contributed by atoms with Gasteiger partial charge in [-0.2, -0.15) is 0 Å². The Morgan fingerprint density at radius 3 is 2.38 bits per heavy atom. The van der Waals surface area contributed by atoms with Crippen LogP contribution in [0.15, 0.2) is 18.2 Å². The van der Waals surface area contributed by atoms with Gasteiger partial charge in [0.2, 0.25) is 0 Å². The molecule has 0 bridgehead atoms. The van der Waals surface area contributed by atoms with Gasteiger partial charge in [-0.05, 0) is 36.2 Å². The van der Waals surface area contributed by atoms with E-state index in [2.05, 4.69) is 4.90 Å². The summed E-state index contributed by atoms with van der Waals surface area (Å²) in [5, 5.41) is 18.3. The third-order valence-electron chi connectivity index (χ3n) is 2.67. The van der Waals surface area contributed by atoms with Crippen molar-refractivity contribution < 1.29 is 14.4 Å². The lowest BCUT2D eigenvalue weighted by Crippen LogP contribution is -2.36. The normalized spacial score (nSPS) is 10.9. The molecule has 0 atom stereocenters. The molecule has 1 aromatic carbocycles. The number of rotatable bonds is 5. The topological polar surface area (TPSA) is 43.7 Å². The number of halogens is 1. The molecule has 0 amide bonds. The molecule has 0 radical (unpaired) electrons. The first-order valence-electron chi connectivity index (χ1n) is 5.45. The fourth-order valence-corrected chi connectivity index (χ4v) is 1.64. The predicted molar refractivity (Wildman–Crippen MR) is 62.9 cm³/mol. The van der Waals surface area contributed by atoms with Gasteiger partial charge in [-0.25, -0.2) is 4.39 Å². The van der Waals surface area contributed by atoms with Crippen molar-refractivity contribution >= 4 is 12.6 Å². The van der Waals surface area contributed by atoms with Crippen LogP contribution in [-0.2, 0) is 6.54 Å². The van der Waals surface area contributed by atoms with Crippen LogP contribution in [0, 0.1) is 5.82 Å². The standard InChI is InChI=1S/C11H17BFNO2/c1-3-14(4-2)8-9-5-6-10(13)7-11(9)12(15)16/h5-7,15-16H,3-4,8H2,1-2H3. The lowest BCUT2D eigenvalue weighted by atomic mass is 9.77. The Morgan fingerprint density at radius 2 is 1.88 bits per heavy atom. The highest BCUT2D eigenvalue weighted by atomic mass is 19.1. The maximum Gasteiger partial charge on any atom is 0.488 e. The highest BCUT2D eigenvalue weighted by Gasteiger charge is 2.17. The molecular formula is C11H17BFNO2. The van der Waals surface area contributed by atoms with Gasteiger partial charge in [0.1, 0.15) is 5.82 Å². The molecule has 0 unspecified atom stereocenters. The van der Waals surface area contributed by atoms with Crippen LogP contribution >= 0.6 is 0 Å². The van der Waals surface area contributed by atoms with Crippen LogP contribution in [0.4, 0.5) is 4.39 Å². The second-order valence-corrected chi connectivity index (χ2v) is 3.68. The first kappa shape index (κ1) is 13.2. The number of hydrogen-bond acceptors (Lipinski definition) is 3. The van der Waals surface area contributed by atoms with Crippen molar-refractivity contribution in [1.29, 1.82) is 0 Å². The summed E-state index contributed by atoms with van der Waals surface area (Å²) in [5.41, 5.74) is 0.993. The van der Waals surface area contributed by atoms with Crippen LogP contribution in [0.3, 0.4) is 0 Å². The maximum atomic E-state index is 13.0. The summed E-state index contributed by atoms with van der Waals surface area (Å²) in [4.78, 5) is 2.12. The van der Waals surface area contributed by atoms with E-state index < -0.39 is 12.9 Å². The molecule has 16 heavy (non-hydrogen) atoms. The molecule has 3 nitrogen and oxygen atoms in total. The van der Waals surface area contributed by atoms with Gasteiger partial charge in [-0.15, -0.1) is 0 Å². The molecule has 0 saturated carbocycles. The SMILES string of the molecule is CCN(CC)Cc1ccc(F)cc1B(O)O. The fraction of sp³-hybridized carbons (Fsp3) is 0.455. The summed E-state index contributed by atoms with van der Waals surface area (Å²) in [6.45, 7) is 6.40. The van der Waals surface area contributed by atoms with E-state index in [1.165, 1.54) is 12.1 Å². The number of hydrogen-bond donors (Lipinski definition) is 2. The molecule has 2 N–H and O–H groups in total. The molecule has 0 aromatic heterocycles. The van der Waals surface area contributed by atoms with Crippen LogP contribution in [-0.4, -0.2) is 35.2 Å². The summed E-state index contributed by atoms with van der Waals surface area (Å²) in [6, 6.07) is 4.11. The third kappa shape index (κ3) is 3.30. The molecule has 0 aliphatic carbocycles. The van der Waals surface area contributed by atoms with E-state index in [0.717, 1.165) is 18.7 Å². The summed E-state index contributed by atoms with van der Waals surface area (Å²) < 4.78 is 13.0. The Balaban J connectivity index is 2.94. The van der Waals surface area contributed by atoms with E-state index in [0.29, 0.717) is 6.54 Å². The van der Waals surface area contributed by atoms with Crippen LogP contribution in [0.5, 0.6) is 0 Å². The Bertz CT molecular complexity index is 343. The van der Waals surface area contributed by atoms with Crippen molar-refractivity contribution in [3.63, 3.8) is 0 Å². The van der Waals surface area contributed by atoms with Gasteiger partial charge in [0.25, 0.3) is 0 Å². The van der Waals surface area contributed by atoms with Crippen LogP contribution in [0.25, 0.3) is 0 Å². The first-order valence-corrected chi connectivity index (χ1v) is 5.45. The van der Waals surface area contributed by atoms with Crippen LogP contribution in [0.1, 0.15) is 19.4 Å². The minimum atomic E-state index is -1.62. The van der Waals surface area contributed by atoms with Gasteiger partial charge in [-0.1, -0.05) is 19.9 Å². The number of benzene rings is 1. The monoisotopic (exact) mass is 225 g/mol. The molecule has 5 heteroatoms. The molecule has 0 fully saturated rings. The van der Waals surface area contributed by atoms with Crippen LogP contribution < -0.4 is 5.46 Å². The quantitative estimate of drug-likeness (QED) is 0.710. The van der Waals surface area contributed by atoms with Gasteiger partial charge >= 0.3 is 7.12 Å². The molecule has 88 valence electrons. The Labute approximate surface area is 95.7 Å². The fourth-order valence-electron chi connectivity index (χ4n) is 1.64. The molecule has 1 rings (SSSR count). The smallest absolute Gasteiger partial charge is 0.423 e. The predicted octanol–water partition coefficient (Wildman–Crippen LogP) is 0.347. The highest BCUT2D eigenvalue weighted by Crippen LogP contribution is 2.05. The summed E-state index contributed by atoms with van der Waals surface area (Å²) in [5.74, 6) is -0.452. The van der Waals surface area contributed by atoms with E-state index in [4.69, 9.17) is 10.0 Å². The zero-order chi connectivity index (χ0) is 12.1. The zero-order valence-electron chi connectivity index (χ0n) is 9.65. The van der Waals surface area contributed by atoms with E-state index in [1.54, 1.807) is 6.07 Å². The van der Waals surface area contributed by atoms with Crippen molar-refractivity contribution in [1.82, 2.24) is 4.90 Å². The molecule has 0 aliphatic heterocycles. The zero-order valence-corrected chi connectivity index (χ0v) is 9.65. The van der Waals surface area contributed by atoms with E-state index in [1.807, 2.05) is 13.8 Å². The largest absolute Gasteiger partial charge is 0.488 e. The highest BCUT2D eigenvalue weighted by molar-refractivity contribution is 6.59. The maximum absolute atomic E-state index is 13.0. The summed E-state index contributed by atoms with van der Waals surface area (Å²) in [6.07, 6.45) is 0. The summed E-state index contributed by atoms with van der Waals surface area (Å²) >= 11 is 0. The summed E-state index contributed by atoms with van der Waals surface area (Å²) in [7, 11) is -1.62. The number of nitrogens with zero attached hydrogens (tertiary/aromatic N) is 1. The van der Waals surface area contributed by atoms with Crippen molar-refractivity contribution in [2.45, 2.75) is 20.4 Å². The van der Waals surface area contributed by atoms with Crippen molar-refractivity contribution in [2.75, 3.05) is 13.1 Å². The Morgan fingerprint density at radius 1 is 1.25 bits per heavy atom. The van der Waals surface area contributed by atoms with Crippen molar-refractivity contribution in [3.8, 4) is 0 Å². The Hall–Kier alpha value is -0.905. The van der Waals surface area contributed by atoms with E-state index in [9.17, 15) is 4.39 Å². The lowest BCUT2D eigenvalue weighted by molar-refractivity contribution is 0.296. The average Bonchev–Trinajstić information content (AvgIpc) is 2.27. The third-order valence-corrected chi connectivity index (χ3v) is 2.67. The van der Waals surface area contributed by atoms with Gasteiger partial charge < -0.3 is 10.0 Å². The molecule has 0 spiro atoms. The van der Waals surface area contributed by atoms with E-state index >= 15 is 0 Å². The molecule has 0 aliphatic rings. The van der Waals surface area contributed by atoms with Crippen LogP contribution in [0.2, 0.25) is 0 Å². The van der Waals surface area contributed by atoms with Gasteiger partial charge in [-0.3, -0.25) is 4.90 Å². The molecule has 1 aromatic rings. The molecule has 0 saturated heterocycles. The minimum Gasteiger partial charge on any atom is -0.423 e. The molecular weight excluding hydrogens is 208 g/mol. The second-order valence-electron chi connectivity index (χ2n) is 3.68. The van der Waals surface area contributed by atoms with Gasteiger partial charge in [0.05, 0.1) is 0 Å². The average molecular weight is 225 g/mol. The second kappa shape index (κ2) is 5.99. The first-order chi connectivity index (χ1) is 7.58.